The van der Waals surface area contributed by atoms with Crippen LogP contribution in [0.2, 0.25) is 0 Å². The van der Waals surface area contributed by atoms with Gasteiger partial charge in [0, 0.05) is 4.88 Å². The highest BCUT2D eigenvalue weighted by Crippen LogP contribution is 2.26. The molecule has 0 bridgehead atoms. The molecule has 5 nitrogen and oxygen atoms in total. The van der Waals surface area contributed by atoms with Gasteiger partial charge in [0.15, 0.2) is 0 Å². The van der Waals surface area contributed by atoms with Crippen molar-refractivity contribution in [2.24, 2.45) is 0 Å². The highest BCUT2D eigenvalue weighted by atomic mass is 32.1. The molecular formula is C17H22N2O3S. The largest absolute Gasteiger partial charge is 0.461 e. The monoisotopic (exact) mass is 334 g/mol. The van der Waals surface area contributed by atoms with E-state index in [0.717, 1.165) is 41.0 Å². The van der Waals surface area contributed by atoms with Crippen molar-refractivity contribution in [2.45, 2.75) is 65.0 Å². The lowest BCUT2D eigenvalue weighted by Gasteiger charge is -2.24. The zero-order valence-corrected chi connectivity index (χ0v) is 14.6. The number of nitrogens with zero attached hydrogens (tertiary/aromatic N) is 2. The summed E-state index contributed by atoms with van der Waals surface area (Å²) in [5.74, 6) is -0.343. The lowest BCUT2D eigenvalue weighted by atomic mass is 9.98. The summed E-state index contributed by atoms with van der Waals surface area (Å²) in [5.41, 5.74) is 0.787. The molecule has 1 saturated carbocycles. The molecule has 2 aromatic heterocycles. The summed E-state index contributed by atoms with van der Waals surface area (Å²) in [4.78, 5) is 31.3. The molecule has 1 atom stereocenters. The number of aryl methyl sites for hydroxylation is 2. The Morgan fingerprint density at radius 1 is 1.35 bits per heavy atom. The summed E-state index contributed by atoms with van der Waals surface area (Å²) in [6.07, 6.45) is 6.73. The van der Waals surface area contributed by atoms with Gasteiger partial charge in [0.25, 0.3) is 5.56 Å². The Morgan fingerprint density at radius 3 is 2.74 bits per heavy atom. The SMILES string of the molecule is Cc1sc2ncn([C@H](C)C(=O)OC3CCCCC3)c(=O)c2c1C. The van der Waals surface area contributed by atoms with E-state index in [2.05, 4.69) is 4.98 Å². The minimum atomic E-state index is -0.652. The standard InChI is InChI=1S/C17H22N2O3S/c1-10-12(3)23-15-14(10)16(20)19(9-18-15)11(2)17(21)22-13-7-5-4-6-8-13/h9,11,13H,4-8H2,1-3H3/t11-/m1/s1. The van der Waals surface area contributed by atoms with E-state index in [1.165, 1.54) is 28.7 Å². The summed E-state index contributed by atoms with van der Waals surface area (Å²) >= 11 is 1.51. The predicted molar refractivity (Wildman–Crippen MR) is 91.0 cm³/mol. The van der Waals surface area contributed by atoms with Gasteiger partial charge in [-0.05, 0) is 52.0 Å². The number of hydrogen-bond donors (Lipinski definition) is 0. The van der Waals surface area contributed by atoms with E-state index in [4.69, 9.17) is 4.74 Å². The maximum absolute atomic E-state index is 12.7. The molecule has 0 spiro atoms. The van der Waals surface area contributed by atoms with Gasteiger partial charge in [-0.1, -0.05) is 6.42 Å². The Labute approximate surface area is 139 Å². The molecule has 1 aliphatic rings. The van der Waals surface area contributed by atoms with E-state index < -0.39 is 6.04 Å². The van der Waals surface area contributed by atoms with Crippen LogP contribution in [0.25, 0.3) is 10.2 Å². The summed E-state index contributed by atoms with van der Waals surface area (Å²) in [6, 6.07) is -0.652. The minimum absolute atomic E-state index is 0.00350. The minimum Gasteiger partial charge on any atom is -0.461 e. The van der Waals surface area contributed by atoms with Crippen molar-refractivity contribution in [3.05, 3.63) is 27.1 Å². The number of hydrogen-bond acceptors (Lipinski definition) is 5. The highest BCUT2D eigenvalue weighted by Gasteiger charge is 2.24. The lowest BCUT2D eigenvalue weighted by Crippen LogP contribution is -2.32. The van der Waals surface area contributed by atoms with Crippen LogP contribution in [-0.4, -0.2) is 21.6 Å². The molecule has 0 aromatic carbocycles. The maximum atomic E-state index is 12.7. The fourth-order valence-corrected chi connectivity index (χ4v) is 4.07. The molecule has 124 valence electrons. The van der Waals surface area contributed by atoms with Gasteiger partial charge in [0.05, 0.1) is 11.7 Å². The van der Waals surface area contributed by atoms with Crippen LogP contribution in [0.4, 0.5) is 0 Å². The molecule has 0 amide bonds. The first kappa shape index (κ1) is 16.2. The van der Waals surface area contributed by atoms with E-state index >= 15 is 0 Å². The van der Waals surface area contributed by atoms with Crippen molar-refractivity contribution in [1.82, 2.24) is 9.55 Å². The van der Waals surface area contributed by atoms with Crippen molar-refractivity contribution in [3.63, 3.8) is 0 Å². The molecule has 1 aliphatic carbocycles. The zero-order chi connectivity index (χ0) is 16.6. The third-order valence-electron chi connectivity index (χ3n) is 4.71. The van der Waals surface area contributed by atoms with Crippen LogP contribution in [0.5, 0.6) is 0 Å². The average molecular weight is 334 g/mol. The van der Waals surface area contributed by atoms with Crippen LogP contribution < -0.4 is 5.56 Å². The van der Waals surface area contributed by atoms with Crippen LogP contribution in [0.15, 0.2) is 11.1 Å². The van der Waals surface area contributed by atoms with Crippen molar-refractivity contribution in [3.8, 4) is 0 Å². The first-order chi connectivity index (χ1) is 11.0. The Morgan fingerprint density at radius 2 is 2.04 bits per heavy atom. The molecule has 0 radical (unpaired) electrons. The zero-order valence-electron chi connectivity index (χ0n) is 13.8. The normalized spacial score (nSPS) is 17.3. The molecule has 3 rings (SSSR count). The van der Waals surface area contributed by atoms with E-state index in [9.17, 15) is 9.59 Å². The predicted octanol–water partition coefficient (Wildman–Crippen LogP) is 3.51. The topological polar surface area (TPSA) is 61.2 Å². The van der Waals surface area contributed by atoms with Gasteiger partial charge < -0.3 is 4.74 Å². The van der Waals surface area contributed by atoms with Gasteiger partial charge in [-0.15, -0.1) is 11.3 Å². The Hall–Kier alpha value is -1.69. The van der Waals surface area contributed by atoms with Crippen LogP contribution in [0.1, 0.15) is 55.5 Å². The number of carbonyl (C=O) groups excluding carboxylic acids is 1. The molecular weight excluding hydrogens is 312 g/mol. The Kier molecular flexibility index (Phi) is 4.53. The van der Waals surface area contributed by atoms with Gasteiger partial charge in [-0.25, -0.2) is 9.78 Å². The summed E-state index contributed by atoms with van der Waals surface area (Å²) < 4.78 is 6.98. The van der Waals surface area contributed by atoms with Crippen LogP contribution in [0.3, 0.4) is 0 Å². The molecule has 0 aliphatic heterocycles. The quantitative estimate of drug-likeness (QED) is 0.806. The van der Waals surface area contributed by atoms with E-state index in [-0.39, 0.29) is 17.6 Å². The molecule has 0 saturated heterocycles. The highest BCUT2D eigenvalue weighted by molar-refractivity contribution is 7.18. The molecule has 23 heavy (non-hydrogen) atoms. The van der Waals surface area contributed by atoms with Crippen LogP contribution in [-0.2, 0) is 9.53 Å². The fraction of sp³-hybridized carbons (Fsp3) is 0.588. The Balaban J connectivity index is 1.86. The first-order valence-electron chi connectivity index (χ1n) is 8.16. The lowest BCUT2D eigenvalue weighted by molar-refractivity contribution is -0.154. The molecule has 0 N–H and O–H groups in total. The van der Waals surface area contributed by atoms with E-state index in [1.807, 2.05) is 13.8 Å². The van der Waals surface area contributed by atoms with E-state index in [1.54, 1.807) is 6.92 Å². The number of esters is 1. The van der Waals surface area contributed by atoms with Crippen molar-refractivity contribution < 1.29 is 9.53 Å². The second kappa shape index (κ2) is 6.43. The number of rotatable bonds is 3. The molecule has 2 heterocycles. The maximum Gasteiger partial charge on any atom is 0.329 e. The number of carbonyl (C=O) groups is 1. The summed E-state index contributed by atoms with van der Waals surface area (Å²) in [7, 11) is 0. The van der Waals surface area contributed by atoms with E-state index in [0.29, 0.717) is 5.39 Å². The third kappa shape index (κ3) is 3.04. The van der Waals surface area contributed by atoms with Gasteiger partial charge in [0.1, 0.15) is 17.0 Å². The van der Waals surface area contributed by atoms with Gasteiger partial charge >= 0.3 is 5.97 Å². The number of aromatic nitrogens is 2. The third-order valence-corrected chi connectivity index (χ3v) is 5.82. The second-order valence-corrected chi connectivity index (χ2v) is 7.50. The fourth-order valence-electron chi connectivity index (χ4n) is 3.08. The molecule has 1 fully saturated rings. The van der Waals surface area contributed by atoms with Gasteiger partial charge in [-0.3, -0.25) is 9.36 Å². The van der Waals surface area contributed by atoms with Crippen LogP contribution in [0, 0.1) is 13.8 Å². The number of ether oxygens (including phenoxy) is 1. The van der Waals surface area contributed by atoms with Crippen molar-refractivity contribution in [1.29, 1.82) is 0 Å². The average Bonchev–Trinajstić information content (AvgIpc) is 2.83. The summed E-state index contributed by atoms with van der Waals surface area (Å²) in [5, 5.41) is 0.618. The molecule has 2 aromatic rings. The van der Waals surface area contributed by atoms with Crippen molar-refractivity contribution in [2.75, 3.05) is 0 Å². The second-order valence-electron chi connectivity index (χ2n) is 6.29. The summed E-state index contributed by atoms with van der Waals surface area (Å²) in [6.45, 7) is 5.60. The van der Waals surface area contributed by atoms with Gasteiger partial charge in [-0.2, -0.15) is 0 Å². The molecule has 0 unspecified atom stereocenters. The smallest absolute Gasteiger partial charge is 0.329 e. The number of thiophene rings is 1. The number of fused-ring (bicyclic) bond motifs is 1. The van der Waals surface area contributed by atoms with Crippen LogP contribution >= 0.6 is 11.3 Å². The van der Waals surface area contributed by atoms with Gasteiger partial charge in [0.2, 0.25) is 0 Å². The molecule has 6 heteroatoms. The first-order valence-corrected chi connectivity index (χ1v) is 8.98. The van der Waals surface area contributed by atoms with Crippen molar-refractivity contribution >= 4 is 27.5 Å². The Bertz CT molecular complexity index is 787.